The van der Waals surface area contributed by atoms with Gasteiger partial charge in [-0.1, -0.05) is 47.2 Å². The van der Waals surface area contributed by atoms with Gasteiger partial charge in [-0.2, -0.15) is 5.26 Å². The number of hydrogen-bond donors (Lipinski definition) is 0. The van der Waals surface area contributed by atoms with Crippen LogP contribution in [0.25, 0.3) is 11.5 Å². The van der Waals surface area contributed by atoms with Crippen molar-refractivity contribution in [3.05, 3.63) is 59.7 Å². The van der Waals surface area contributed by atoms with Crippen molar-refractivity contribution in [1.29, 1.82) is 5.26 Å². The zero-order valence-corrected chi connectivity index (χ0v) is 16.6. The molecule has 0 unspecified atom stereocenters. The first-order chi connectivity index (χ1) is 13.6. The van der Waals surface area contributed by atoms with Crippen LogP contribution in [0.4, 0.5) is 5.69 Å². The Hall–Kier alpha value is -3.11. The Kier molecular flexibility index (Phi) is 6.45. The number of amides is 1. The van der Waals surface area contributed by atoms with E-state index in [9.17, 15) is 4.79 Å². The average molecular weight is 392 g/mol. The minimum atomic E-state index is -0.113. The molecule has 0 aliphatic carbocycles. The third-order valence-electron chi connectivity index (χ3n) is 4.01. The van der Waals surface area contributed by atoms with E-state index in [1.54, 1.807) is 4.90 Å². The summed E-state index contributed by atoms with van der Waals surface area (Å²) in [6, 6.07) is 17.5. The first kappa shape index (κ1) is 19.6. The van der Waals surface area contributed by atoms with Gasteiger partial charge in [0.2, 0.25) is 11.8 Å². The molecule has 1 amide bonds. The van der Waals surface area contributed by atoms with E-state index in [-0.39, 0.29) is 18.1 Å². The highest BCUT2D eigenvalue weighted by atomic mass is 32.2. The number of benzene rings is 2. The molecule has 0 aliphatic heterocycles. The number of hydrogen-bond acceptors (Lipinski definition) is 6. The summed E-state index contributed by atoms with van der Waals surface area (Å²) in [7, 11) is 0. The zero-order valence-electron chi connectivity index (χ0n) is 15.8. The van der Waals surface area contributed by atoms with E-state index in [1.165, 1.54) is 11.8 Å². The molecule has 28 heavy (non-hydrogen) atoms. The van der Waals surface area contributed by atoms with E-state index in [0.29, 0.717) is 17.7 Å². The number of anilines is 1. The van der Waals surface area contributed by atoms with E-state index in [4.69, 9.17) is 9.68 Å². The van der Waals surface area contributed by atoms with Crippen LogP contribution in [0.15, 0.2) is 58.2 Å². The second-order valence-corrected chi connectivity index (χ2v) is 7.25. The lowest BCUT2D eigenvalue weighted by atomic mass is 10.1. The molecule has 0 aliphatic rings. The topological polar surface area (TPSA) is 83.0 Å². The Balaban J connectivity index is 1.68. The number of nitrogens with zero attached hydrogens (tertiary/aromatic N) is 4. The summed E-state index contributed by atoms with van der Waals surface area (Å²) in [5.41, 5.74) is 3.87. The Morgan fingerprint density at radius 3 is 2.54 bits per heavy atom. The van der Waals surface area contributed by atoms with Crippen molar-refractivity contribution in [1.82, 2.24) is 10.2 Å². The molecule has 0 N–H and O–H groups in total. The number of rotatable bonds is 7. The molecular formula is C21H20N4O2S. The summed E-state index contributed by atoms with van der Waals surface area (Å²) >= 11 is 1.19. The van der Waals surface area contributed by atoms with Crippen LogP contribution in [-0.4, -0.2) is 28.4 Å². The predicted molar refractivity (Wildman–Crippen MR) is 109 cm³/mol. The van der Waals surface area contributed by atoms with Crippen molar-refractivity contribution in [2.24, 2.45) is 0 Å². The van der Waals surface area contributed by atoms with Crippen LogP contribution < -0.4 is 4.90 Å². The second-order valence-electron chi connectivity index (χ2n) is 6.33. The minimum absolute atomic E-state index is 0.113. The van der Waals surface area contributed by atoms with Crippen LogP contribution in [-0.2, 0) is 4.79 Å². The van der Waals surface area contributed by atoms with Crippen molar-refractivity contribution >= 4 is 23.4 Å². The zero-order chi connectivity index (χ0) is 19.9. The monoisotopic (exact) mass is 392 g/mol. The van der Waals surface area contributed by atoms with Gasteiger partial charge in [-0.15, -0.1) is 10.2 Å². The fourth-order valence-electron chi connectivity index (χ4n) is 2.85. The van der Waals surface area contributed by atoms with Gasteiger partial charge >= 0.3 is 0 Å². The Labute approximate surface area is 168 Å². The van der Waals surface area contributed by atoms with Crippen LogP contribution in [0.1, 0.15) is 17.5 Å². The molecule has 0 saturated heterocycles. The molecule has 0 spiro atoms. The largest absolute Gasteiger partial charge is 0.411 e. The number of carbonyl (C=O) groups excluding carboxylic acids is 1. The molecule has 0 saturated carbocycles. The van der Waals surface area contributed by atoms with Gasteiger partial charge < -0.3 is 9.32 Å². The molecule has 0 radical (unpaired) electrons. The second kappa shape index (κ2) is 9.20. The molecule has 3 aromatic rings. The summed E-state index contributed by atoms with van der Waals surface area (Å²) < 4.78 is 5.71. The summed E-state index contributed by atoms with van der Waals surface area (Å²) in [5, 5.41) is 17.4. The molecule has 1 aromatic heterocycles. The third kappa shape index (κ3) is 4.99. The van der Waals surface area contributed by atoms with Crippen molar-refractivity contribution < 1.29 is 9.21 Å². The molecule has 0 fully saturated rings. The van der Waals surface area contributed by atoms with Crippen molar-refractivity contribution in [3.63, 3.8) is 0 Å². The van der Waals surface area contributed by atoms with Crippen molar-refractivity contribution in [3.8, 4) is 17.5 Å². The maximum Gasteiger partial charge on any atom is 0.277 e. The van der Waals surface area contributed by atoms with E-state index < -0.39 is 0 Å². The van der Waals surface area contributed by atoms with Gasteiger partial charge in [0.1, 0.15) is 0 Å². The molecule has 0 bridgehead atoms. The van der Waals surface area contributed by atoms with Crippen LogP contribution in [0.2, 0.25) is 0 Å². The number of aromatic nitrogens is 2. The van der Waals surface area contributed by atoms with Gasteiger partial charge in [-0.25, -0.2) is 0 Å². The van der Waals surface area contributed by atoms with Gasteiger partial charge in [0.15, 0.2) is 0 Å². The number of thioether (sulfide) groups is 1. The highest BCUT2D eigenvalue weighted by Gasteiger charge is 2.18. The third-order valence-corrected chi connectivity index (χ3v) is 4.81. The fraction of sp³-hybridized carbons (Fsp3) is 0.238. The lowest BCUT2D eigenvalue weighted by molar-refractivity contribution is -0.116. The molecule has 1 heterocycles. The summed E-state index contributed by atoms with van der Waals surface area (Å²) in [6.45, 7) is 4.37. The maximum absolute atomic E-state index is 12.7. The van der Waals surface area contributed by atoms with Gasteiger partial charge in [0.25, 0.3) is 5.22 Å². The van der Waals surface area contributed by atoms with Crippen LogP contribution >= 0.6 is 11.8 Å². The molecule has 0 atom stereocenters. The van der Waals surface area contributed by atoms with Crippen molar-refractivity contribution in [2.45, 2.75) is 25.5 Å². The molecule has 6 nitrogen and oxygen atoms in total. The quantitative estimate of drug-likeness (QED) is 0.555. The molecule has 7 heteroatoms. The summed E-state index contributed by atoms with van der Waals surface area (Å²) in [4.78, 5) is 14.3. The van der Waals surface area contributed by atoms with Crippen LogP contribution in [0, 0.1) is 25.2 Å². The first-order valence-corrected chi connectivity index (χ1v) is 9.82. The van der Waals surface area contributed by atoms with Gasteiger partial charge in [-0.05, 0) is 38.1 Å². The van der Waals surface area contributed by atoms with E-state index in [0.717, 1.165) is 22.4 Å². The van der Waals surface area contributed by atoms with Crippen molar-refractivity contribution in [2.75, 3.05) is 17.2 Å². The average Bonchev–Trinajstić information content (AvgIpc) is 3.16. The smallest absolute Gasteiger partial charge is 0.277 e. The molecule has 142 valence electrons. The van der Waals surface area contributed by atoms with E-state index in [1.807, 2.05) is 56.3 Å². The Bertz CT molecular complexity index is 975. The maximum atomic E-state index is 12.7. The Morgan fingerprint density at radius 1 is 1.14 bits per heavy atom. The normalized spacial score (nSPS) is 10.5. The highest BCUT2D eigenvalue weighted by Crippen LogP contribution is 2.25. The number of carbonyl (C=O) groups is 1. The lowest BCUT2D eigenvalue weighted by Crippen LogP contribution is -2.33. The minimum Gasteiger partial charge on any atom is -0.411 e. The predicted octanol–water partition coefficient (Wildman–Crippen LogP) is 4.39. The first-order valence-electron chi connectivity index (χ1n) is 8.84. The van der Waals surface area contributed by atoms with Gasteiger partial charge in [-0.3, -0.25) is 4.79 Å². The highest BCUT2D eigenvalue weighted by molar-refractivity contribution is 7.99. The molecule has 3 rings (SSSR count). The Morgan fingerprint density at radius 2 is 1.86 bits per heavy atom. The van der Waals surface area contributed by atoms with E-state index >= 15 is 0 Å². The fourth-order valence-corrected chi connectivity index (χ4v) is 3.49. The molecular weight excluding hydrogens is 372 g/mol. The van der Waals surface area contributed by atoms with Gasteiger partial charge in [0, 0.05) is 17.8 Å². The van der Waals surface area contributed by atoms with Crippen LogP contribution in [0.3, 0.4) is 0 Å². The summed E-state index contributed by atoms with van der Waals surface area (Å²) in [6.07, 6.45) is 0.267. The van der Waals surface area contributed by atoms with E-state index in [2.05, 4.69) is 22.3 Å². The number of aryl methyl sites for hydroxylation is 2. The SMILES string of the molecule is Cc1cc(C)cc(-c2nnc(SCC(=O)N(CCC#N)c3ccccc3)o2)c1. The molecule has 2 aromatic carbocycles. The number of nitriles is 1. The van der Waals surface area contributed by atoms with Crippen LogP contribution in [0.5, 0.6) is 0 Å². The standard InChI is InChI=1S/C21H20N4O2S/c1-15-11-16(2)13-17(12-15)20-23-24-21(27-20)28-14-19(26)25(10-6-9-22)18-7-4-3-5-8-18/h3-5,7-8,11-13H,6,10,14H2,1-2H3. The summed E-state index contributed by atoms with van der Waals surface area (Å²) in [5.74, 6) is 0.471. The van der Waals surface area contributed by atoms with Gasteiger partial charge in [0.05, 0.1) is 18.2 Å². The lowest BCUT2D eigenvalue weighted by Gasteiger charge is -2.21. The number of para-hydroxylation sites is 1.